The molecule has 3 rings (SSSR count). The Morgan fingerprint density at radius 1 is 1.09 bits per heavy atom. The van der Waals surface area contributed by atoms with Crippen LogP contribution in [-0.2, 0) is 4.79 Å². The minimum Gasteiger partial charge on any atom is -0.542 e. The summed E-state index contributed by atoms with van der Waals surface area (Å²) in [4.78, 5) is 12.0. The molecular formula is C15H10F4N2O2. The summed E-state index contributed by atoms with van der Waals surface area (Å²) in [6.45, 7) is 0. The van der Waals surface area contributed by atoms with Crippen LogP contribution >= 0.6 is 0 Å². The van der Waals surface area contributed by atoms with E-state index in [0.717, 1.165) is 16.8 Å². The van der Waals surface area contributed by atoms with Crippen molar-refractivity contribution in [2.75, 3.05) is 0 Å². The fourth-order valence-corrected chi connectivity index (χ4v) is 1.84. The number of carboxylic acid groups (broad SMARTS) is 1. The molecule has 120 valence electrons. The zero-order valence-electron chi connectivity index (χ0n) is 11.5. The van der Waals surface area contributed by atoms with Crippen LogP contribution in [0.4, 0.5) is 17.6 Å². The number of carbonyl (C=O) groups is 1. The van der Waals surface area contributed by atoms with Gasteiger partial charge in [-0.2, -0.15) is 13.2 Å². The lowest BCUT2D eigenvalue weighted by Crippen LogP contribution is -2.37. The molecule has 0 bridgehead atoms. The number of carboxylic acids is 1. The number of halogens is 4. The number of rotatable bonds is 1. The molecule has 2 aromatic heterocycles. The zero-order valence-corrected chi connectivity index (χ0v) is 11.5. The van der Waals surface area contributed by atoms with Crippen LogP contribution in [-0.4, -0.2) is 17.1 Å². The van der Waals surface area contributed by atoms with Crippen LogP contribution in [0, 0.1) is 5.82 Å². The van der Waals surface area contributed by atoms with Crippen LogP contribution in [0.3, 0.4) is 0 Å². The first kappa shape index (κ1) is 16.5. The van der Waals surface area contributed by atoms with Gasteiger partial charge < -0.3 is 9.90 Å². The minimum atomic E-state index is -5.19. The number of aromatic amines is 1. The molecule has 4 nitrogen and oxygen atoms in total. The van der Waals surface area contributed by atoms with Gasteiger partial charge in [0.25, 0.3) is 0 Å². The molecule has 0 unspecified atom stereocenters. The summed E-state index contributed by atoms with van der Waals surface area (Å²) >= 11 is 0. The van der Waals surface area contributed by atoms with Gasteiger partial charge in [-0.15, -0.1) is 0 Å². The third-order valence-corrected chi connectivity index (χ3v) is 2.86. The minimum absolute atomic E-state index is 0.215. The van der Waals surface area contributed by atoms with Crippen LogP contribution in [0.1, 0.15) is 0 Å². The van der Waals surface area contributed by atoms with Crippen molar-refractivity contribution in [2.24, 2.45) is 0 Å². The first-order valence-electron chi connectivity index (χ1n) is 6.30. The average Bonchev–Trinajstić information content (AvgIpc) is 2.92. The number of hydrogen-bond acceptors (Lipinski definition) is 2. The molecule has 1 N–H and O–H groups in total. The van der Waals surface area contributed by atoms with Crippen LogP contribution in [0.2, 0.25) is 0 Å². The van der Waals surface area contributed by atoms with Crippen molar-refractivity contribution in [3.8, 4) is 11.3 Å². The normalized spacial score (nSPS) is 11.0. The molecule has 0 atom stereocenters. The number of pyridine rings is 1. The SMILES string of the molecule is Fc1ccc(-c2[nH]c[n+]3ccccc23)cc1.O=C([O-])C(F)(F)F. The first-order valence-corrected chi connectivity index (χ1v) is 6.30. The highest BCUT2D eigenvalue weighted by Gasteiger charge is 2.28. The molecule has 0 aliphatic heterocycles. The second-order valence-corrected chi connectivity index (χ2v) is 4.43. The number of fused-ring (bicyclic) bond motifs is 1. The fourth-order valence-electron chi connectivity index (χ4n) is 1.84. The van der Waals surface area contributed by atoms with E-state index >= 15 is 0 Å². The quantitative estimate of drug-likeness (QED) is 0.548. The summed E-state index contributed by atoms with van der Waals surface area (Å²) in [6.07, 6.45) is -1.34. The number of alkyl halides is 3. The Morgan fingerprint density at radius 3 is 2.26 bits per heavy atom. The highest BCUT2D eigenvalue weighted by atomic mass is 19.4. The van der Waals surface area contributed by atoms with Crippen molar-refractivity contribution in [2.45, 2.75) is 6.18 Å². The average molecular weight is 326 g/mol. The number of aliphatic carboxylic acids is 1. The summed E-state index contributed by atoms with van der Waals surface area (Å²) in [6, 6.07) is 12.5. The Labute approximate surface area is 127 Å². The number of nitrogens with one attached hydrogen (secondary N) is 1. The number of H-pyrrole nitrogens is 1. The van der Waals surface area contributed by atoms with E-state index in [0.29, 0.717) is 0 Å². The molecule has 2 heterocycles. The Bertz CT molecular complexity index is 810. The predicted octanol–water partition coefficient (Wildman–Crippen LogP) is 1.86. The second-order valence-electron chi connectivity index (χ2n) is 4.43. The van der Waals surface area contributed by atoms with Gasteiger partial charge in [-0.05, 0) is 36.4 Å². The molecule has 0 amide bonds. The molecule has 0 fully saturated rings. The molecule has 0 saturated heterocycles. The fraction of sp³-hybridized carbons (Fsp3) is 0.0667. The van der Waals surface area contributed by atoms with Gasteiger partial charge in [0.15, 0.2) is 11.2 Å². The van der Waals surface area contributed by atoms with Crippen molar-refractivity contribution in [1.82, 2.24) is 4.98 Å². The summed E-state index contributed by atoms with van der Waals surface area (Å²) in [5.74, 6) is -3.22. The summed E-state index contributed by atoms with van der Waals surface area (Å²) < 4.78 is 46.4. The zero-order chi connectivity index (χ0) is 17.0. The lowest BCUT2D eigenvalue weighted by atomic mass is 10.1. The number of imidazole rings is 1. The van der Waals surface area contributed by atoms with Crippen LogP contribution in [0.5, 0.6) is 0 Å². The molecular weight excluding hydrogens is 316 g/mol. The van der Waals surface area contributed by atoms with E-state index in [-0.39, 0.29) is 5.82 Å². The van der Waals surface area contributed by atoms with Gasteiger partial charge in [-0.1, -0.05) is 6.07 Å². The standard InChI is InChI=1S/C13H9FN2.C2HF3O2/c14-11-6-4-10(5-7-11)13-12-3-1-2-8-16(12)9-15-13;3-2(4,5)1(6)7/h1-9H;(H,6,7). The van der Waals surface area contributed by atoms with Crippen molar-refractivity contribution in [3.05, 3.63) is 60.8 Å². The van der Waals surface area contributed by atoms with Gasteiger partial charge in [-0.25, -0.2) is 13.8 Å². The largest absolute Gasteiger partial charge is 0.542 e. The smallest absolute Gasteiger partial charge is 0.430 e. The van der Waals surface area contributed by atoms with Crippen molar-refractivity contribution in [3.63, 3.8) is 0 Å². The van der Waals surface area contributed by atoms with E-state index in [1.165, 1.54) is 12.1 Å². The molecule has 23 heavy (non-hydrogen) atoms. The summed E-state index contributed by atoms with van der Waals surface area (Å²) in [5, 5.41) is 8.78. The van der Waals surface area contributed by atoms with Crippen LogP contribution in [0.15, 0.2) is 55.0 Å². The van der Waals surface area contributed by atoms with Crippen LogP contribution < -0.4 is 9.51 Å². The molecule has 1 aromatic carbocycles. The maximum absolute atomic E-state index is 12.8. The highest BCUT2D eigenvalue weighted by molar-refractivity contribution is 5.73. The number of carbonyl (C=O) groups excluding carboxylic acids is 1. The van der Waals surface area contributed by atoms with E-state index in [1.54, 1.807) is 12.1 Å². The predicted molar refractivity (Wildman–Crippen MR) is 70.4 cm³/mol. The van der Waals surface area contributed by atoms with Gasteiger partial charge >= 0.3 is 6.18 Å². The maximum Gasteiger partial charge on any atom is 0.430 e. The lowest BCUT2D eigenvalue weighted by molar-refractivity contribution is -0.510. The van der Waals surface area contributed by atoms with Crippen molar-refractivity contribution >= 4 is 11.5 Å². The Morgan fingerprint density at radius 2 is 1.70 bits per heavy atom. The third-order valence-electron chi connectivity index (χ3n) is 2.86. The Hall–Kier alpha value is -2.90. The van der Waals surface area contributed by atoms with Crippen LogP contribution in [0.25, 0.3) is 16.8 Å². The van der Waals surface area contributed by atoms with Gasteiger partial charge in [0, 0.05) is 5.56 Å². The summed E-state index contributed by atoms with van der Waals surface area (Å²) in [5.41, 5.74) is 3.06. The topological polar surface area (TPSA) is 60.0 Å². The molecule has 3 aromatic rings. The number of hydrogen-bond donors (Lipinski definition) is 1. The second kappa shape index (κ2) is 6.47. The molecule has 0 spiro atoms. The lowest BCUT2D eigenvalue weighted by Gasteiger charge is -2.03. The highest BCUT2D eigenvalue weighted by Crippen LogP contribution is 2.20. The molecule has 0 aliphatic carbocycles. The number of benzene rings is 1. The van der Waals surface area contributed by atoms with E-state index < -0.39 is 12.1 Å². The summed E-state index contributed by atoms with van der Waals surface area (Å²) in [7, 11) is 0. The van der Waals surface area contributed by atoms with E-state index in [9.17, 15) is 17.6 Å². The molecule has 0 saturated carbocycles. The molecule has 0 aliphatic rings. The molecule has 8 heteroatoms. The Kier molecular flexibility index (Phi) is 4.63. The van der Waals surface area contributed by atoms with Gasteiger partial charge in [0.1, 0.15) is 11.8 Å². The number of aromatic nitrogens is 2. The van der Waals surface area contributed by atoms with Crippen molar-refractivity contribution < 1.29 is 31.9 Å². The monoisotopic (exact) mass is 326 g/mol. The first-order chi connectivity index (χ1) is 10.8. The van der Waals surface area contributed by atoms with E-state index in [1.807, 2.05) is 35.1 Å². The van der Waals surface area contributed by atoms with Crippen molar-refractivity contribution in [1.29, 1.82) is 0 Å². The van der Waals surface area contributed by atoms with E-state index in [2.05, 4.69) is 4.98 Å². The molecule has 0 radical (unpaired) electrons. The third kappa shape index (κ3) is 4.06. The number of nitrogens with zero attached hydrogens (tertiary/aromatic N) is 1. The van der Waals surface area contributed by atoms with Gasteiger partial charge in [-0.3, -0.25) is 0 Å². The van der Waals surface area contributed by atoms with Gasteiger partial charge in [0.2, 0.25) is 6.33 Å². The Balaban J connectivity index is 0.000000236. The van der Waals surface area contributed by atoms with Gasteiger partial charge in [0.05, 0.1) is 6.20 Å². The van der Waals surface area contributed by atoms with E-state index in [4.69, 9.17) is 9.90 Å². The maximum atomic E-state index is 12.8.